The second kappa shape index (κ2) is 2.99. The van der Waals surface area contributed by atoms with Crippen LogP contribution in [0.25, 0.3) is 0 Å². The molecule has 1 aliphatic rings. The fraction of sp³-hybridized carbons (Fsp3) is 0.417. The molecule has 2 N–H and O–H groups in total. The molecule has 0 saturated heterocycles. The zero-order chi connectivity index (χ0) is 11.2. The van der Waals surface area contributed by atoms with E-state index < -0.39 is 5.97 Å². The van der Waals surface area contributed by atoms with Gasteiger partial charge in [0, 0.05) is 5.92 Å². The molecule has 80 valence electrons. The summed E-state index contributed by atoms with van der Waals surface area (Å²) >= 11 is 0. The van der Waals surface area contributed by atoms with Crippen molar-refractivity contribution in [3.63, 3.8) is 0 Å². The molecule has 3 heteroatoms. The van der Waals surface area contributed by atoms with E-state index in [2.05, 4.69) is 0 Å². The molecular formula is C12H14O3. The Hall–Kier alpha value is -1.51. The van der Waals surface area contributed by atoms with Gasteiger partial charge in [-0.1, -0.05) is 26.0 Å². The number of aromatic hydroxyl groups is 1. The number of phenolic OH excluding ortho intramolecular Hbond substituents is 1. The van der Waals surface area contributed by atoms with E-state index in [9.17, 15) is 9.90 Å². The summed E-state index contributed by atoms with van der Waals surface area (Å²) in [4.78, 5) is 11.0. The van der Waals surface area contributed by atoms with Crippen LogP contribution >= 0.6 is 0 Å². The largest absolute Gasteiger partial charge is 0.508 e. The maximum atomic E-state index is 11.0. The number of hydrogen-bond donors (Lipinski definition) is 2. The summed E-state index contributed by atoms with van der Waals surface area (Å²) in [7, 11) is 0. The third kappa shape index (κ3) is 1.48. The SMILES string of the molecule is CC1(C)[C@H](C(=O)O)[C@H]1c1cccc(O)c1. The van der Waals surface area contributed by atoms with Crippen molar-refractivity contribution in [1.82, 2.24) is 0 Å². The van der Waals surface area contributed by atoms with Crippen molar-refractivity contribution in [2.24, 2.45) is 11.3 Å². The van der Waals surface area contributed by atoms with Crippen molar-refractivity contribution >= 4 is 5.97 Å². The summed E-state index contributed by atoms with van der Waals surface area (Å²) in [5, 5.41) is 18.4. The van der Waals surface area contributed by atoms with Gasteiger partial charge in [-0.3, -0.25) is 4.79 Å². The highest BCUT2D eigenvalue weighted by atomic mass is 16.4. The van der Waals surface area contributed by atoms with Crippen molar-refractivity contribution in [3.05, 3.63) is 29.8 Å². The minimum atomic E-state index is -0.756. The summed E-state index contributed by atoms with van der Waals surface area (Å²) < 4.78 is 0. The fourth-order valence-electron chi connectivity index (χ4n) is 2.44. The number of hydrogen-bond acceptors (Lipinski definition) is 2. The van der Waals surface area contributed by atoms with E-state index in [1.807, 2.05) is 19.9 Å². The second-order valence-electron chi connectivity index (χ2n) is 4.71. The van der Waals surface area contributed by atoms with Crippen molar-refractivity contribution in [1.29, 1.82) is 0 Å². The van der Waals surface area contributed by atoms with E-state index in [0.717, 1.165) is 5.56 Å². The number of aliphatic carboxylic acids is 1. The lowest BCUT2D eigenvalue weighted by Gasteiger charge is -2.02. The highest BCUT2D eigenvalue weighted by molar-refractivity contribution is 5.77. The lowest BCUT2D eigenvalue weighted by Crippen LogP contribution is -2.03. The third-order valence-corrected chi connectivity index (χ3v) is 3.32. The van der Waals surface area contributed by atoms with E-state index in [0.29, 0.717) is 0 Å². The van der Waals surface area contributed by atoms with Crippen LogP contribution in [-0.2, 0) is 4.79 Å². The van der Waals surface area contributed by atoms with Crippen LogP contribution in [-0.4, -0.2) is 16.2 Å². The molecular weight excluding hydrogens is 192 g/mol. The Labute approximate surface area is 88.4 Å². The summed E-state index contributed by atoms with van der Waals surface area (Å²) in [6.45, 7) is 3.89. The molecule has 0 spiro atoms. The van der Waals surface area contributed by atoms with Crippen LogP contribution in [0.1, 0.15) is 25.3 Å². The van der Waals surface area contributed by atoms with E-state index >= 15 is 0 Å². The normalized spacial score (nSPS) is 27.3. The standard InChI is InChI=1S/C12H14O3/c1-12(2)9(10(12)11(14)15)7-4-3-5-8(13)6-7/h3-6,9-10,13H,1-2H3,(H,14,15)/t9-,10+/m1/s1. The third-order valence-electron chi connectivity index (χ3n) is 3.32. The predicted octanol–water partition coefficient (Wildman–Crippen LogP) is 2.22. The molecule has 1 aliphatic carbocycles. The van der Waals surface area contributed by atoms with E-state index in [4.69, 9.17) is 5.11 Å². The zero-order valence-corrected chi connectivity index (χ0v) is 8.77. The molecule has 0 aliphatic heterocycles. The molecule has 1 aromatic carbocycles. The maximum Gasteiger partial charge on any atom is 0.307 e. The number of carboxylic acid groups (broad SMARTS) is 1. The Morgan fingerprint density at radius 1 is 1.40 bits per heavy atom. The van der Waals surface area contributed by atoms with E-state index in [1.54, 1.807) is 18.2 Å². The van der Waals surface area contributed by atoms with Gasteiger partial charge in [0.15, 0.2) is 0 Å². The first-order valence-corrected chi connectivity index (χ1v) is 4.96. The number of benzene rings is 1. The van der Waals surface area contributed by atoms with Crippen molar-refractivity contribution in [3.8, 4) is 5.75 Å². The lowest BCUT2D eigenvalue weighted by atomic mass is 10.0. The molecule has 0 unspecified atom stereocenters. The van der Waals surface area contributed by atoms with Gasteiger partial charge in [-0.2, -0.15) is 0 Å². The average Bonchev–Trinajstić information content (AvgIpc) is 2.69. The highest BCUT2D eigenvalue weighted by Gasteiger charge is 2.62. The molecule has 0 radical (unpaired) electrons. The molecule has 1 saturated carbocycles. The molecule has 0 aromatic heterocycles. The van der Waals surface area contributed by atoms with Gasteiger partial charge in [0.25, 0.3) is 0 Å². The molecule has 3 nitrogen and oxygen atoms in total. The first-order valence-electron chi connectivity index (χ1n) is 4.96. The van der Waals surface area contributed by atoms with Crippen molar-refractivity contribution < 1.29 is 15.0 Å². The second-order valence-corrected chi connectivity index (χ2v) is 4.71. The number of rotatable bonds is 2. The molecule has 1 aromatic rings. The van der Waals surface area contributed by atoms with Gasteiger partial charge < -0.3 is 10.2 Å². The van der Waals surface area contributed by atoms with Crippen LogP contribution < -0.4 is 0 Å². The predicted molar refractivity (Wildman–Crippen MR) is 55.8 cm³/mol. The molecule has 1 fully saturated rings. The Morgan fingerprint density at radius 3 is 2.53 bits per heavy atom. The van der Waals surface area contributed by atoms with E-state index in [-0.39, 0.29) is 23.0 Å². The van der Waals surface area contributed by atoms with Crippen LogP contribution in [0, 0.1) is 11.3 Å². The minimum Gasteiger partial charge on any atom is -0.508 e. The topological polar surface area (TPSA) is 57.5 Å². The summed E-state index contributed by atoms with van der Waals surface area (Å²) in [5.41, 5.74) is 0.701. The minimum absolute atomic E-state index is 0.0158. The molecule has 2 atom stereocenters. The smallest absolute Gasteiger partial charge is 0.307 e. The van der Waals surface area contributed by atoms with Crippen LogP contribution in [0.5, 0.6) is 5.75 Å². The van der Waals surface area contributed by atoms with Gasteiger partial charge in [0.2, 0.25) is 0 Å². The van der Waals surface area contributed by atoms with Crippen LogP contribution in [0.15, 0.2) is 24.3 Å². The first-order chi connectivity index (χ1) is 6.94. The van der Waals surface area contributed by atoms with Crippen LogP contribution in [0.2, 0.25) is 0 Å². The Morgan fingerprint density at radius 2 is 2.07 bits per heavy atom. The Balaban J connectivity index is 2.31. The van der Waals surface area contributed by atoms with Gasteiger partial charge in [0.1, 0.15) is 5.75 Å². The Bertz CT molecular complexity index is 409. The highest BCUT2D eigenvalue weighted by Crippen LogP contribution is 2.64. The summed E-state index contributed by atoms with van der Waals surface area (Å²) in [6.07, 6.45) is 0. The van der Waals surface area contributed by atoms with Gasteiger partial charge in [-0.15, -0.1) is 0 Å². The molecule has 0 amide bonds. The van der Waals surface area contributed by atoms with Crippen molar-refractivity contribution in [2.45, 2.75) is 19.8 Å². The maximum absolute atomic E-state index is 11.0. The molecule has 0 heterocycles. The zero-order valence-electron chi connectivity index (χ0n) is 8.77. The Kier molecular flexibility index (Phi) is 2.00. The van der Waals surface area contributed by atoms with Gasteiger partial charge in [0.05, 0.1) is 5.92 Å². The summed E-state index contributed by atoms with van der Waals surface area (Å²) in [5.74, 6) is -0.880. The number of carbonyl (C=O) groups is 1. The van der Waals surface area contributed by atoms with Gasteiger partial charge in [-0.05, 0) is 23.1 Å². The molecule has 0 bridgehead atoms. The average molecular weight is 206 g/mol. The summed E-state index contributed by atoms with van der Waals surface area (Å²) in [6, 6.07) is 6.86. The van der Waals surface area contributed by atoms with E-state index in [1.165, 1.54) is 0 Å². The van der Waals surface area contributed by atoms with Crippen LogP contribution in [0.4, 0.5) is 0 Å². The molecule has 2 rings (SSSR count). The monoisotopic (exact) mass is 206 g/mol. The quantitative estimate of drug-likeness (QED) is 0.780. The van der Waals surface area contributed by atoms with Gasteiger partial charge >= 0.3 is 5.97 Å². The lowest BCUT2D eigenvalue weighted by molar-refractivity contribution is -0.139. The number of phenols is 1. The van der Waals surface area contributed by atoms with Crippen LogP contribution in [0.3, 0.4) is 0 Å². The first kappa shape index (κ1) is 10.0. The van der Waals surface area contributed by atoms with Crippen molar-refractivity contribution in [2.75, 3.05) is 0 Å². The number of carboxylic acids is 1. The molecule has 15 heavy (non-hydrogen) atoms. The fourth-order valence-corrected chi connectivity index (χ4v) is 2.44. The van der Waals surface area contributed by atoms with Gasteiger partial charge in [-0.25, -0.2) is 0 Å².